The van der Waals surface area contributed by atoms with Crippen molar-refractivity contribution in [1.82, 2.24) is 10.6 Å². The van der Waals surface area contributed by atoms with E-state index in [0.717, 1.165) is 6.42 Å². The van der Waals surface area contributed by atoms with Gasteiger partial charge in [-0.15, -0.1) is 0 Å². The Kier molecular flexibility index (Phi) is 9.26. The first-order chi connectivity index (χ1) is 8.51. The smallest absolute Gasteiger partial charge is 0.314 e. The van der Waals surface area contributed by atoms with E-state index in [2.05, 4.69) is 10.6 Å². The molecule has 7 heteroatoms. The predicted octanol–water partition coefficient (Wildman–Crippen LogP) is 0.555. The summed E-state index contributed by atoms with van der Waals surface area (Å²) >= 11 is 0. The van der Waals surface area contributed by atoms with Gasteiger partial charge in [0.05, 0.1) is 5.92 Å². The van der Waals surface area contributed by atoms with Crippen molar-refractivity contribution >= 4 is 22.8 Å². The number of carboxylic acids is 1. The van der Waals surface area contributed by atoms with Gasteiger partial charge in [0, 0.05) is 35.4 Å². The number of hydrogen-bond acceptors (Lipinski definition) is 3. The zero-order valence-corrected chi connectivity index (χ0v) is 11.7. The highest BCUT2D eigenvalue weighted by Crippen LogP contribution is 2.04. The lowest BCUT2D eigenvalue weighted by atomic mass is 10.0. The van der Waals surface area contributed by atoms with Crippen LogP contribution in [0.4, 0.5) is 4.79 Å². The number of carboxylic acid groups (broad SMARTS) is 1. The average Bonchev–Trinajstić information content (AvgIpc) is 2.33. The molecule has 0 saturated heterocycles. The van der Waals surface area contributed by atoms with Crippen LogP contribution in [0.3, 0.4) is 0 Å². The third-order valence-electron chi connectivity index (χ3n) is 2.43. The Balaban J connectivity index is 3.80. The standard InChI is InChI=1S/C11H22N2O4S/c1-3-5-9(10(14)15)8-13-11(16)12-6-7-18(17)4-2/h9H,3-8H2,1-2H3,(H,14,15)(H2,12,13,16). The quantitative estimate of drug-likeness (QED) is 0.574. The van der Waals surface area contributed by atoms with Crippen LogP contribution in [-0.2, 0) is 15.6 Å². The molecule has 2 atom stereocenters. The second kappa shape index (κ2) is 9.87. The molecule has 106 valence electrons. The van der Waals surface area contributed by atoms with E-state index in [0.29, 0.717) is 24.5 Å². The fourth-order valence-electron chi connectivity index (χ4n) is 1.36. The van der Waals surface area contributed by atoms with Gasteiger partial charge in [0.2, 0.25) is 0 Å². The van der Waals surface area contributed by atoms with E-state index >= 15 is 0 Å². The SMILES string of the molecule is CCCC(CNC(=O)NCCS(=O)CC)C(=O)O. The highest BCUT2D eigenvalue weighted by Gasteiger charge is 2.16. The molecule has 0 spiro atoms. The maximum Gasteiger partial charge on any atom is 0.314 e. The molecule has 2 unspecified atom stereocenters. The summed E-state index contributed by atoms with van der Waals surface area (Å²) in [4.78, 5) is 22.2. The van der Waals surface area contributed by atoms with Crippen LogP contribution in [-0.4, -0.2) is 45.9 Å². The van der Waals surface area contributed by atoms with Gasteiger partial charge in [-0.3, -0.25) is 9.00 Å². The van der Waals surface area contributed by atoms with Crippen molar-refractivity contribution in [3.8, 4) is 0 Å². The first-order valence-electron chi connectivity index (χ1n) is 6.10. The van der Waals surface area contributed by atoms with Gasteiger partial charge in [0.1, 0.15) is 0 Å². The van der Waals surface area contributed by atoms with Crippen LogP contribution in [0.5, 0.6) is 0 Å². The van der Waals surface area contributed by atoms with Crippen molar-refractivity contribution in [2.24, 2.45) is 5.92 Å². The summed E-state index contributed by atoms with van der Waals surface area (Å²) in [5.74, 6) is -0.461. The van der Waals surface area contributed by atoms with Crippen molar-refractivity contribution in [2.75, 3.05) is 24.6 Å². The molecule has 0 aliphatic heterocycles. The van der Waals surface area contributed by atoms with Crippen LogP contribution >= 0.6 is 0 Å². The van der Waals surface area contributed by atoms with E-state index in [1.165, 1.54) is 0 Å². The fourth-order valence-corrected chi connectivity index (χ4v) is 1.98. The van der Waals surface area contributed by atoms with Crippen molar-refractivity contribution in [3.05, 3.63) is 0 Å². The lowest BCUT2D eigenvalue weighted by Gasteiger charge is -2.12. The van der Waals surface area contributed by atoms with Gasteiger partial charge in [0.25, 0.3) is 0 Å². The number of amides is 2. The van der Waals surface area contributed by atoms with Crippen molar-refractivity contribution < 1.29 is 18.9 Å². The molecule has 0 heterocycles. The first kappa shape index (κ1) is 16.9. The highest BCUT2D eigenvalue weighted by atomic mass is 32.2. The summed E-state index contributed by atoms with van der Waals surface area (Å²) in [6, 6.07) is -0.412. The van der Waals surface area contributed by atoms with Crippen molar-refractivity contribution in [1.29, 1.82) is 0 Å². The molecule has 0 aliphatic rings. The van der Waals surface area contributed by atoms with Crippen LogP contribution in [0, 0.1) is 5.92 Å². The maximum atomic E-state index is 11.3. The Bertz CT molecular complexity index is 297. The second-order valence-corrected chi connectivity index (χ2v) is 5.76. The maximum absolute atomic E-state index is 11.3. The lowest BCUT2D eigenvalue weighted by Crippen LogP contribution is -2.41. The van der Waals surface area contributed by atoms with Gasteiger partial charge in [-0.2, -0.15) is 0 Å². The Morgan fingerprint density at radius 1 is 1.28 bits per heavy atom. The van der Waals surface area contributed by atoms with Gasteiger partial charge in [0.15, 0.2) is 0 Å². The molecule has 3 N–H and O–H groups in total. The Labute approximate surface area is 110 Å². The molecule has 6 nitrogen and oxygen atoms in total. The Morgan fingerprint density at radius 2 is 1.94 bits per heavy atom. The molecule has 0 fully saturated rings. The number of carbonyl (C=O) groups excluding carboxylic acids is 1. The van der Waals surface area contributed by atoms with Gasteiger partial charge in [-0.05, 0) is 6.42 Å². The monoisotopic (exact) mass is 278 g/mol. The van der Waals surface area contributed by atoms with Crippen LogP contribution in [0.25, 0.3) is 0 Å². The molecule has 0 aromatic carbocycles. The lowest BCUT2D eigenvalue weighted by molar-refractivity contribution is -0.141. The second-order valence-electron chi connectivity index (χ2n) is 3.89. The average molecular weight is 278 g/mol. The number of carbonyl (C=O) groups is 2. The normalized spacial score (nSPS) is 13.7. The third kappa shape index (κ3) is 8.05. The van der Waals surface area contributed by atoms with Crippen LogP contribution in [0.1, 0.15) is 26.7 Å². The number of urea groups is 1. The third-order valence-corrected chi connectivity index (χ3v) is 3.74. The van der Waals surface area contributed by atoms with Gasteiger partial charge in [-0.1, -0.05) is 20.3 Å². The molecule has 18 heavy (non-hydrogen) atoms. The summed E-state index contributed by atoms with van der Waals surface area (Å²) in [6.07, 6.45) is 1.30. The molecule has 0 rings (SSSR count). The molecule has 2 amide bonds. The zero-order valence-electron chi connectivity index (χ0n) is 10.9. The van der Waals surface area contributed by atoms with Crippen molar-refractivity contribution in [2.45, 2.75) is 26.7 Å². The zero-order chi connectivity index (χ0) is 14.0. The number of hydrogen-bond donors (Lipinski definition) is 3. The van der Waals surface area contributed by atoms with E-state index in [1.54, 1.807) is 0 Å². The van der Waals surface area contributed by atoms with E-state index < -0.39 is 28.7 Å². The number of nitrogens with one attached hydrogen (secondary N) is 2. The van der Waals surface area contributed by atoms with E-state index in [9.17, 15) is 13.8 Å². The van der Waals surface area contributed by atoms with Gasteiger partial charge >= 0.3 is 12.0 Å². The summed E-state index contributed by atoms with van der Waals surface area (Å²) in [5.41, 5.74) is 0. The van der Waals surface area contributed by atoms with Crippen molar-refractivity contribution in [3.63, 3.8) is 0 Å². The highest BCUT2D eigenvalue weighted by molar-refractivity contribution is 7.84. The van der Waals surface area contributed by atoms with Crippen LogP contribution < -0.4 is 10.6 Å². The van der Waals surface area contributed by atoms with E-state index in [4.69, 9.17) is 5.11 Å². The fraction of sp³-hybridized carbons (Fsp3) is 0.818. The van der Waals surface area contributed by atoms with Gasteiger partial charge in [-0.25, -0.2) is 4.79 Å². The summed E-state index contributed by atoms with van der Waals surface area (Å²) in [7, 11) is -0.903. The molecule has 0 radical (unpaired) electrons. The Hall–Kier alpha value is -1.11. The number of rotatable bonds is 9. The molecule has 0 aromatic rings. The minimum atomic E-state index is -0.903. The molecule has 0 aromatic heterocycles. The summed E-state index contributed by atoms with van der Waals surface area (Å²) in [5, 5.41) is 13.9. The molecule has 0 saturated carbocycles. The van der Waals surface area contributed by atoms with E-state index in [-0.39, 0.29) is 6.54 Å². The van der Waals surface area contributed by atoms with E-state index in [1.807, 2.05) is 13.8 Å². The minimum absolute atomic E-state index is 0.117. The minimum Gasteiger partial charge on any atom is -0.481 e. The van der Waals surface area contributed by atoms with Gasteiger partial charge < -0.3 is 15.7 Å². The molecule has 0 aliphatic carbocycles. The topological polar surface area (TPSA) is 95.5 Å². The molecule has 0 bridgehead atoms. The predicted molar refractivity (Wildman–Crippen MR) is 71.0 cm³/mol. The first-order valence-corrected chi connectivity index (χ1v) is 7.59. The number of aliphatic carboxylic acids is 1. The Morgan fingerprint density at radius 3 is 2.44 bits per heavy atom. The largest absolute Gasteiger partial charge is 0.481 e. The summed E-state index contributed by atoms with van der Waals surface area (Å²) < 4.78 is 11.1. The van der Waals surface area contributed by atoms with Crippen LogP contribution in [0.15, 0.2) is 0 Å². The van der Waals surface area contributed by atoms with Crippen LogP contribution in [0.2, 0.25) is 0 Å². The summed E-state index contributed by atoms with van der Waals surface area (Å²) in [6.45, 7) is 4.16. The molecular formula is C11H22N2O4S. The molecular weight excluding hydrogens is 256 g/mol.